The van der Waals surface area contributed by atoms with Crippen LogP contribution in [0.2, 0.25) is 78.6 Å². The Labute approximate surface area is 227 Å². The molecule has 0 fully saturated rings. The van der Waals surface area contributed by atoms with Gasteiger partial charge in [-0.1, -0.05) is 176 Å². The molecule has 3 aromatic carbocycles. The normalized spacial score (nSPS) is 9.14. The fourth-order valence-corrected chi connectivity index (χ4v) is 1.81. The van der Waals surface area contributed by atoms with Crippen molar-refractivity contribution in [1.82, 2.24) is 0 Å². The molecule has 0 aromatic heterocycles. The van der Waals surface area contributed by atoms with Gasteiger partial charge < -0.3 is 0 Å². The molecule has 35 heavy (non-hydrogen) atoms. The van der Waals surface area contributed by atoms with E-state index in [-0.39, 0.29) is 35.2 Å². The molecule has 0 saturated heterocycles. The lowest BCUT2D eigenvalue weighted by Crippen LogP contribution is -1.85. The highest BCUT2D eigenvalue weighted by atomic mass is 28.3. The Balaban J connectivity index is -0.000000394. The summed E-state index contributed by atoms with van der Waals surface area (Å²) in [5.74, 6) is 0. The Bertz CT molecular complexity index is 628. The first kappa shape index (κ1) is 38.1. The van der Waals surface area contributed by atoms with Gasteiger partial charge in [0.2, 0.25) is 0 Å². The van der Waals surface area contributed by atoms with Gasteiger partial charge in [-0.05, 0) is 17.5 Å². The molecule has 0 saturated carbocycles. The zero-order chi connectivity index (χ0) is 27.5. The Hall–Kier alpha value is -1.47. The van der Waals surface area contributed by atoms with Gasteiger partial charge in [-0.25, -0.2) is 0 Å². The first-order valence-corrected chi connectivity index (χ1v) is 27.3. The van der Waals surface area contributed by atoms with Crippen molar-refractivity contribution in [3.8, 4) is 0 Å². The summed E-state index contributed by atoms with van der Waals surface area (Å²) in [4.78, 5) is 0. The van der Waals surface area contributed by atoms with Gasteiger partial charge in [-0.2, -0.15) is 0 Å². The van der Waals surface area contributed by atoms with Crippen molar-refractivity contribution >= 4 is 35.2 Å². The number of rotatable bonds is 2. The van der Waals surface area contributed by atoms with Crippen LogP contribution in [0.15, 0.2) is 97.1 Å². The second-order valence-electron chi connectivity index (χ2n) is 11.2. The summed E-state index contributed by atoms with van der Waals surface area (Å²) in [6.07, 6.45) is 1.03. The molecule has 0 bridgehead atoms. The van der Waals surface area contributed by atoms with E-state index in [2.05, 4.69) is 139 Å². The zero-order valence-corrected chi connectivity index (χ0v) is 29.9. The van der Waals surface area contributed by atoms with Crippen molar-refractivity contribution in [2.45, 2.75) is 85.0 Å². The maximum atomic E-state index is 2.31. The van der Waals surface area contributed by atoms with Crippen LogP contribution in [-0.2, 0) is 6.42 Å². The van der Waals surface area contributed by atoms with Crippen LogP contribution in [0, 0.1) is 0 Å². The average molecular weight is 543 g/mol. The number of hydrogen-bond acceptors (Lipinski definition) is 0. The van der Waals surface area contributed by atoms with E-state index in [0.29, 0.717) is 0 Å². The lowest BCUT2D eigenvalue weighted by molar-refractivity contribution is 1.19. The van der Waals surface area contributed by atoms with Crippen molar-refractivity contribution < 1.29 is 0 Å². The predicted molar refractivity (Wildman–Crippen MR) is 181 cm³/mol. The topological polar surface area (TPSA) is 0 Å². The maximum absolute atomic E-state index is 2.31. The van der Waals surface area contributed by atoms with Crippen molar-refractivity contribution in [3.63, 3.8) is 0 Å². The van der Waals surface area contributed by atoms with Crippen molar-refractivity contribution in [2.24, 2.45) is 0 Å². The van der Waals surface area contributed by atoms with Gasteiger partial charge in [-0.3, -0.25) is 0 Å². The van der Waals surface area contributed by atoms with Crippen LogP contribution in [0.1, 0.15) is 11.1 Å². The van der Waals surface area contributed by atoms with Crippen molar-refractivity contribution in [1.29, 1.82) is 0 Å². The van der Waals surface area contributed by atoms with E-state index in [9.17, 15) is 0 Å². The Kier molecular flexibility index (Phi) is 31.3. The van der Waals surface area contributed by atoms with Crippen LogP contribution >= 0.6 is 0 Å². The number of benzene rings is 3. The maximum Gasteiger partial charge on any atom is 0.0274 e. The quantitative estimate of drug-likeness (QED) is 0.283. The third-order valence-corrected chi connectivity index (χ3v) is 2.76. The lowest BCUT2D eigenvalue weighted by atomic mass is 10.1. The molecule has 0 atom stereocenters. The molecule has 0 unspecified atom stereocenters. The fraction of sp³-hybridized carbons (Fsp3) is 0.419. The zero-order valence-electron chi connectivity index (χ0n) is 25.3. The second-order valence-corrected chi connectivity index (χ2v) is 25.1. The second kappa shape index (κ2) is 28.8. The van der Waals surface area contributed by atoms with Gasteiger partial charge in [0.25, 0.3) is 0 Å². The van der Waals surface area contributed by atoms with Gasteiger partial charge in [0.1, 0.15) is 0 Å². The Morgan fingerprint density at radius 2 is 0.457 bits per heavy atom. The lowest BCUT2D eigenvalue weighted by Gasteiger charge is -2.00. The SMILES string of the molecule is C[SiH](C)C.C[SiH](C)C.C[SiH](C)C.C[SiH](C)C.c1ccc(Cc2ccccc2)cc1.c1ccccc1. The smallest absolute Gasteiger partial charge is 0.0274 e. The van der Waals surface area contributed by atoms with Crippen molar-refractivity contribution in [3.05, 3.63) is 108 Å². The molecule has 3 aromatic rings. The molecule has 0 radical (unpaired) electrons. The molecule has 0 aliphatic carbocycles. The van der Waals surface area contributed by atoms with Crippen LogP contribution in [-0.4, -0.2) is 35.2 Å². The summed E-state index contributed by atoms with van der Waals surface area (Å²) >= 11 is 0. The standard InChI is InChI=1S/C13H12.C6H6.4C3H10Si/c1-3-7-12(8-4-1)11-13-9-5-2-6-10-13;1-2-4-6-5-3-1;4*1-4(2)3/h1-10H,11H2;1-6H;4*4H,1-3H3. The number of hydrogen-bond donors (Lipinski definition) is 0. The Morgan fingerprint density at radius 1 is 0.314 bits per heavy atom. The molecular formula is C31H58Si4. The Morgan fingerprint density at radius 3 is 0.629 bits per heavy atom. The summed E-state index contributed by atoms with van der Waals surface area (Å²) in [6, 6.07) is 33.1. The third-order valence-electron chi connectivity index (χ3n) is 2.76. The molecule has 0 amide bonds. The molecule has 0 spiro atoms. The molecule has 0 N–H and O–H groups in total. The summed E-state index contributed by atoms with van der Waals surface area (Å²) in [6.45, 7) is 27.7. The highest BCUT2D eigenvalue weighted by Crippen LogP contribution is 2.07. The molecule has 0 aliphatic rings. The molecule has 198 valence electrons. The first-order valence-electron chi connectivity index (χ1n) is 13.5. The molecule has 4 heteroatoms. The van der Waals surface area contributed by atoms with Gasteiger partial charge >= 0.3 is 0 Å². The van der Waals surface area contributed by atoms with Gasteiger partial charge in [0.15, 0.2) is 0 Å². The van der Waals surface area contributed by atoms with E-state index < -0.39 is 0 Å². The van der Waals surface area contributed by atoms with Crippen LogP contribution in [0.4, 0.5) is 0 Å². The molecule has 0 aliphatic heterocycles. The van der Waals surface area contributed by atoms with Crippen LogP contribution in [0.3, 0.4) is 0 Å². The van der Waals surface area contributed by atoms with Gasteiger partial charge in [0, 0.05) is 35.2 Å². The highest BCUT2D eigenvalue weighted by molar-refractivity contribution is 6.54. The molecule has 0 heterocycles. The average Bonchev–Trinajstić information content (AvgIpc) is 2.75. The molecular weight excluding hydrogens is 485 g/mol. The highest BCUT2D eigenvalue weighted by Gasteiger charge is 1.92. The van der Waals surface area contributed by atoms with Crippen LogP contribution in [0.5, 0.6) is 0 Å². The van der Waals surface area contributed by atoms with E-state index in [4.69, 9.17) is 0 Å². The minimum Gasteiger partial charge on any atom is -0.0724 e. The molecule has 0 nitrogen and oxygen atoms in total. The summed E-state index contributed by atoms with van der Waals surface area (Å²) in [5.41, 5.74) is 2.74. The fourth-order valence-electron chi connectivity index (χ4n) is 1.81. The van der Waals surface area contributed by atoms with Gasteiger partial charge in [-0.15, -0.1) is 0 Å². The molecule has 3 rings (SSSR count). The van der Waals surface area contributed by atoms with E-state index in [1.54, 1.807) is 0 Å². The first-order chi connectivity index (χ1) is 16.4. The van der Waals surface area contributed by atoms with E-state index in [0.717, 1.165) is 6.42 Å². The van der Waals surface area contributed by atoms with Crippen LogP contribution < -0.4 is 0 Å². The van der Waals surface area contributed by atoms with E-state index in [1.165, 1.54) is 11.1 Å². The largest absolute Gasteiger partial charge is 0.0724 e. The summed E-state index contributed by atoms with van der Waals surface area (Å²) in [7, 11) is -0.556. The monoisotopic (exact) mass is 542 g/mol. The third kappa shape index (κ3) is 50.4. The summed E-state index contributed by atoms with van der Waals surface area (Å²) < 4.78 is 0. The van der Waals surface area contributed by atoms with Crippen LogP contribution in [0.25, 0.3) is 0 Å². The summed E-state index contributed by atoms with van der Waals surface area (Å²) in [5, 5.41) is 0. The predicted octanol–water partition coefficient (Wildman–Crippen LogP) is 9.38. The van der Waals surface area contributed by atoms with Gasteiger partial charge in [0.05, 0.1) is 0 Å². The van der Waals surface area contributed by atoms with E-state index in [1.807, 2.05) is 36.4 Å². The van der Waals surface area contributed by atoms with E-state index >= 15 is 0 Å². The minimum atomic E-state index is -0.139. The van der Waals surface area contributed by atoms with Crippen molar-refractivity contribution in [2.75, 3.05) is 0 Å². The minimum absolute atomic E-state index is 0.139.